The highest BCUT2D eigenvalue weighted by Crippen LogP contribution is 2.38. The minimum atomic E-state index is -3.01. The van der Waals surface area contributed by atoms with Crippen LogP contribution in [0.25, 0.3) is 10.4 Å². The van der Waals surface area contributed by atoms with Crippen molar-refractivity contribution in [3.63, 3.8) is 0 Å². The van der Waals surface area contributed by atoms with Gasteiger partial charge in [0.25, 0.3) is 8.32 Å². The van der Waals surface area contributed by atoms with Gasteiger partial charge >= 0.3 is 5.97 Å². The van der Waals surface area contributed by atoms with Gasteiger partial charge in [-0.1, -0.05) is 135 Å². The van der Waals surface area contributed by atoms with Gasteiger partial charge in [-0.05, 0) is 45.1 Å². The first-order valence-electron chi connectivity index (χ1n) is 15.8. The SMILES string of the molecule is CC(C)(C)[Si](OC[C@H]1O[C@@H](OCCc2ccccc2)[C@H](N=[N+]=[N-])[C@@H](OC(=O)c2ccccc2)[C@@H]1O)(c1ccccc1)c1ccccc1. The second kappa shape index (κ2) is 15.5. The van der Waals surface area contributed by atoms with Gasteiger partial charge in [-0.2, -0.15) is 0 Å². The van der Waals surface area contributed by atoms with Crippen molar-refractivity contribution in [3.8, 4) is 0 Å². The molecule has 4 aromatic rings. The maximum Gasteiger partial charge on any atom is 0.338 e. The molecule has 0 unspecified atom stereocenters. The van der Waals surface area contributed by atoms with E-state index in [1.165, 1.54) is 0 Å². The van der Waals surface area contributed by atoms with Gasteiger partial charge in [0.15, 0.2) is 6.29 Å². The van der Waals surface area contributed by atoms with Gasteiger partial charge in [-0.3, -0.25) is 0 Å². The Morgan fingerprint density at radius 1 is 0.872 bits per heavy atom. The van der Waals surface area contributed by atoms with E-state index in [9.17, 15) is 15.4 Å². The quantitative estimate of drug-likeness (QED) is 0.0678. The van der Waals surface area contributed by atoms with E-state index < -0.39 is 44.9 Å². The summed E-state index contributed by atoms with van der Waals surface area (Å²) in [6, 6.07) is 37.4. The molecule has 1 aliphatic rings. The second-order valence-electron chi connectivity index (χ2n) is 12.5. The molecule has 4 aromatic carbocycles. The zero-order chi connectivity index (χ0) is 33.3. The van der Waals surface area contributed by atoms with Crippen molar-refractivity contribution in [3.05, 3.63) is 143 Å². The van der Waals surface area contributed by atoms with Gasteiger partial charge in [0.05, 0.1) is 18.8 Å². The number of rotatable bonds is 12. The third kappa shape index (κ3) is 7.82. The molecule has 0 aromatic heterocycles. The first kappa shape index (κ1) is 34.1. The highest BCUT2D eigenvalue weighted by molar-refractivity contribution is 6.99. The lowest BCUT2D eigenvalue weighted by atomic mass is 9.97. The van der Waals surface area contributed by atoms with Crippen LogP contribution in [0.3, 0.4) is 0 Å². The topological polar surface area (TPSA) is 123 Å². The lowest BCUT2D eigenvalue weighted by Gasteiger charge is -2.46. The van der Waals surface area contributed by atoms with Crippen LogP contribution in [0.5, 0.6) is 0 Å². The van der Waals surface area contributed by atoms with Crippen molar-refractivity contribution in [1.82, 2.24) is 0 Å². The smallest absolute Gasteiger partial charge is 0.338 e. The maximum absolute atomic E-state index is 13.3. The standard InChI is InChI=1S/C37H41N3O6Si/c1-37(2,3)47(29-20-12-6-13-21-29,30-22-14-7-15-23-30)44-26-31-33(41)34(46-35(42)28-18-10-5-11-19-28)32(39-40-38)36(45-31)43-25-24-27-16-8-4-9-17-27/h4-23,31-34,36,41H,24-26H2,1-3H3/t31-,32-,33-,34-,36-/m1/s1. The normalized spacial score (nSPS) is 21.4. The zero-order valence-electron chi connectivity index (χ0n) is 26.9. The van der Waals surface area contributed by atoms with E-state index in [1.807, 2.05) is 66.7 Å². The number of hydrogen-bond acceptors (Lipinski definition) is 7. The number of aliphatic hydroxyl groups excluding tert-OH is 1. The Hall–Kier alpha value is -4.28. The molecule has 10 heteroatoms. The van der Waals surface area contributed by atoms with Gasteiger partial charge in [0.2, 0.25) is 0 Å². The lowest BCUT2D eigenvalue weighted by molar-refractivity contribution is -0.263. The van der Waals surface area contributed by atoms with Crippen molar-refractivity contribution in [1.29, 1.82) is 0 Å². The number of azide groups is 1. The summed E-state index contributed by atoms with van der Waals surface area (Å²) in [4.78, 5) is 16.3. The van der Waals surface area contributed by atoms with Crippen molar-refractivity contribution in [2.24, 2.45) is 5.11 Å². The molecular weight excluding hydrogens is 611 g/mol. The van der Waals surface area contributed by atoms with Crippen LogP contribution in [0.2, 0.25) is 5.04 Å². The first-order valence-corrected chi connectivity index (χ1v) is 17.7. The van der Waals surface area contributed by atoms with Gasteiger partial charge in [-0.15, -0.1) is 0 Å². The van der Waals surface area contributed by atoms with E-state index in [2.05, 4.69) is 55.1 Å². The number of aliphatic hydroxyl groups is 1. The minimum Gasteiger partial charge on any atom is -0.455 e. The molecule has 1 fully saturated rings. The number of benzene rings is 4. The van der Waals surface area contributed by atoms with Crippen LogP contribution in [0.15, 0.2) is 126 Å². The lowest BCUT2D eigenvalue weighted by Crippen LogP contribution is -2.68. The van der Waals surface area contributed by atoms with Gasteiger partial charge in [0, 0.05) is 4.91 Å². The largest absolute Gasteiger partial charge is 0.455 e. The van der Waals surface area contributed by atoms with Crippen molar-refractivity contribution < 1.29 is 28.5 Å². The van der Waals surface area contributed by atoms with E-state index in [-0.39, 0.29) is 18.3 Å². The molecule has 0 spiro atoms. The summed E-state index contributed by atoms with van der Waals surface area (Å²) in [5.41, 5.74) is 10.9. The molecule has 0 amide bonds. The Bertz CT molecular complexity index is 1580. The van der Waals surface area contributed by atoms with Crippen LogP contribution in [0.4, 0.5) is 0 Å². The Kier molecular flexibility index (Phi) is 11.3. The molecule has 5 rings (SSSR count). The van der Waals surface area contributed by atoms with Crippen LogP contribution in [0.1, 0.15) is 36.7 Å². The molecule has 0 radical (unpaired) electrons. The van der Waals surface area contributed by atoms with Gasteiger partial charge in [-0.25, -0.2) is 4.79 Å². The Balaban J connectivity index is 1.48. The monoisotopic (exact) mass is 651 g/mol. The molecule has 1 heterocycles. The number of hydrogen-bond donors (Lipinski definition) is 1. The first-order chi connectivity index (χ1) is 22.7. The molecule has 1 saturated heterocycles. The fourth-order valence-electron chi connectivity index (χ4n) is 6.17. The second-order valence-corrected chi connectivity index (χ2v) is 16.9. The average molecular weight is 652 g/mol. The number of carbonyl (C=O) groups is 1. The van der Waals surface area contributed by atoms with Crippen LogP contribution in [-0.4, -0.2) is 63.3 Å². The molecule has 0 bridgehead atoms. The molecule has 0 saturated carbocycles. The summed E-state index contributed by atoms with van der Waals surface area (Å²) in [5, 5.41) is 17.5. The molecule has 244 valence electrons. The van der Waals surface area contributed by atoms with E-state index in [0.29, 0.717) is 12.0 Å². The Morgan fingerprint density at radius 3 is 1.94 bits per heavy atom. The summed E-state index contributed by atoms with van der Waals surface area (Å²) in [6.07, 6.45) is -4.16. The van der Waals surface area contributed by atoms with E-state index in [1.54, 1.807) is 30.3 Å². The van der Waals surface area contributed by atoms with Gasteiger partial charge < -0.3 is 23.7 Å². The average Bonchev–Trinajstić information content (AvgIpc) is 3.09. The van der Waals surface area contributed by atoms with Gasteiger partial charge in [0.1, 0.15) is 24.4 Å². The number of ether oxygens (including phenoxy) is 3. The number of esters is 1. The summed E-state index contributed by atoms with van der Waals surface area (Å²) in [6.45, 7) is 6.69. The highest BCUT2D eigenvalue weighted by Gasteiger charge is 2.53. The van der Waals surface area contributed by atoms with Crippen LogP contribution < -0.4 is 10.4 Å². The van der Waals surface area contributed by atoms with Crippen LogP contribution in [-0.2, 0) is 25.1 Å². The van der Waals surface area contributed by atoms with Crippen LogP contribution in [0, 0.1) is 0 Å². The molecule has 0 aliphatic carbocycles. The summed E-state index contributed by atoms with van der Waals surface area (Å²) in [7, 11) is -3.01. The summed E-state index contributed by atoms with van der Waals surface area (Å²) >= 11 is 0. The van der Waals surface area contributed by atoms with E-state index in [0.717, 1.165) is 15.9 Å². The van der Waals surface area contributed by atoms with Crippen molar-refractivity contribution in [2.75, 3.05) is 13.2 Å². The Labute approximate surface area is 276 Å². The van der Waals surface area contributed by atoms with Crippen molar-refractivity contribution >= 4 is 24.7 Å². The summed E-state index contributed by atoms with van der Waals surface area (Å²) < 4.78 is 25.5. The maximum atomic E-state index is 13.3. The zero-order valence-corrected chi connectivity index (χ0v) is 27.9. The Morgan fingerprint density at radius 2 is 1.40 bits per heavy atom. The number of nitrogens with zero attached hydrogens (tertiary/aromatic N) is 3. The van der Waals surface area contributed by atoms with Crippen LogP contribution >= 0.6 is 0 Å². The molecule has 1 N–H and O–H groups in total. The molecular formula is C37H41N3O6Si. The molecule has 47 heavy (non-hydrogen) atoms. The molecule has 9 nitrogen and oxygen atoms in total. The third-order valence-corrected chi connectivity index (χ3v) is 13.5. The predicted molar refractivity (Wildman–Crippen MR) is 183 cm³/mol. The number of carbonyl (C=O) groups excluding carboxylic acids is 1. The summed E-state index contributed by atoms with van der Waals surface area (Å²) in [5.74, 6) is -0.663. The highest BCUT2D eigenvalue weighted by atomic mass is 28.4. The fourth-order valence-corrected chi connectivity index (χ4v) is 10.7. The predicted octanol–water partition coefficient (Wildman–Crippen LogP) is 5.81. The van der Waals surface area contributed by atoms with Crippen molar-refractivity contribution in [2.45, 2.75) is 62.9 Å². The molecule has 1 aliphatic heterocycles. The minimum absolute atomic E-state index is 0.0324. The van der Waals surface area contributed by atoms with E-state index >= 15 is 0 Å². The van der Waals surface area contributed by atoms with E-state index in [4.69, 9.17) is 18.6 Å². The molecule has 5 atom stereocenters. The third-order valence-electron chi connectivity index (χ3n) is 8.48. The fraction of sp³-hybridized carbons (Fsp3) is 0.324.